The van der Waals surface area contributed by atoms with Crippen LogP contribution in [0.3, 0.4) is 0 Å². The monoisotopic (exact) mass is 700 g/mol. The lowest BCUT2D eigenvalue weighted by Crippen LogP contribution is -2.30. The lowest BCUT2D eigenvalue weighted by Gasteiger charge is -2.27. The van der Waals surface area contributed by atoms with Crippen LogP contribution in [0.2, 0.25) is 0 Å². The van der Waals surface area contributed by atoms with E-state index in [9.17, 15) is 41.0 Å². The zero-order valence-corrected chi connectivity index (χ0v) is 25.7. The maximum Gasteiger partial charge on any atom is 0.416 e. The van der Waals surface area contributed by atoms with Gasteiger partial charge in [0.1, 0.15) is 30.5 Å². The van der Waals surface area contributed by atoms with Gasteiger partial charge in [0, 0.05) is 23.1 Å². The van der Waals surface area contributed by atoms with Crippen molar-refractivity contribution in [1.82, 2.24) is 8.75 Å². The first kappa shape index (κ1) is 33.6. The minimum Gasteiger partial charge on any atom is -0.486 e. The summed E-state index contributed by atoms with van der Waals surface area (Å²) in [6, 6.07) is 18.3. The zero-order valence-electron chi connectivity index (χ0n) is 24.8. The molecule has 0 saturated heterocycles. The zero-order chi connectivity index (χ0) is 35.0. The smallest absolute Gasteiger partial charge is 0.416 e. The number of aromatic nitrogens is 2. The van der Waals surface area contributed by atoms with Crippen molar-refractivity contribution in [1.29, 1.82) is 0 Å². The van der Waals surface area contributed by atoms with Crippen LogP contribution in [0.25, 0.3) is 16.6 Å². The minimum absolute atomic E-state index is 0.0580. The van der Waals surface area contributed by atoms with Gasteiger partial charge in [0.2, 0.25) is 0 Å². The van der Waals surface area contributed by atoms with Gasteiger partial charge in [-0.05, 0) is 65.7 Å². The Morgan fingerprint density at radius 2 is 1.39 bits per heavy atom. The predicted octanol–water partition coefficient (Wildman–Crippen LogP) is 7.40. The van der Waals surface area contributed by atoms with Crippen molar-refractivity contribution in [2.75, 3.05) is 13.2 Å². The quantitative estimate of drug-likeness (QED) is 0.115. The van der Waals surface area contributed by atoms with E-state index in [-0.39, 0.29) is 28.7 Å². The average Bonchev–Trinajstić information content (AvgIpc) is 3.65. The standard InChI is InChI=1S/C26H17F3N2O5S.C8H5F3O/c27-26(28,29)16-4-1-14(2-5-16)11-18-23(15-3-7-19-20(12-15)31-37-30-19)24(32)36-25(18,33)17-6-8-21-22(13-17)35-10-9-34-21;9-8(10,11)7-3-1-6(5-12)2-4-7/h1-8,12-13,33H,9-11H2;1-5H. The molecule has 0 radical (unpaired) electrons. The molecule has 0 aliphatic carbocycles. The molecule has 2 aliphatic rings. The van der Waals surface area contributed by atoms with Crippen LogP contribution in [0.4, 0.5) is 26.3 Å². The molecule has 252 valence electrons. The molecule has 8 nitrogen and oxygen atoms in total. The molecule has 0 spiro atoms. The Morgan fingerprint density at radius 3 is 2.02 bits per heavy atom. The molecule has 5 aromatic rings. The van der Waals surface area contributed by atoms with Crippen LogP contribution < -0.4 is 9.47 Å². The molecule has 0 saturated carbocycles. The number of esters is 1. The van der Waals surface area contributed by atoms with E-state index in [1.54, 1.807) is 30.3 Å². The number of cyclic esters (lactones) is 1. The first-order valence-electron chi connectivity index (χ1n) is 14.4. The summed E-state index contributed by atoms with van der Waals surface area (Å²) in [5, 5.41) is 11.8. The summed E-state index contributed by atoms with van der Waals surface area (Å²) < 4.78 is 100. The summed E-state index contributed by atoms with van der Waals surface area (Å²) in [6.45, 7) is 0.693. The third-order valence-electron chi connectivity index (χ3n) is 7.67. The molecule has 7 rings (SSSR count). The molecule has 1 unspecified atom stereocenters. The van der Waals surface area contributed by atoms with E-state index in [0.717, 1.165) is 48.1 Å². The lowest BCUT2D eigenvalue weighted by molar-refractivity contribution is -0.185. The van der Waals surface area contributed by atoms with Gasteiger partial charge in [0.05, 0.1) is 28.4 Å². The maximum atomic E-state index is 13.2. The van der Waals surface area contributed by atoms with Gasteiger partial charge in [-0.1, -0.05) is 30.3 Å². The summed E-state index contributed by atoms with van der Waals surface area (Å²) in [4.78, 5) is 23.3. The van der Waals surface area contributed by atoms with Gasteiger partial charge in [-0.3, -0.25) is 4.79 Å². The highest BCUT2D eigenvalue weighted by Gasteiger charge is 2.48. The lowest BCUT2D eigenvalue weighted by atomic mass is 9.87. The fraction of sp³-hybridized carbons (Fsp3) is 0.176. The molecule has 1 atom stereocenters. The van der Waals surface area contributed by atoms with E-state index in [0.29, 0.717) is 53.2 Å². The predicted molar refractivity (Wildman–Crippen MR) is 164 cm³/mol. The van der Waals surface area contributed by atoms with Crippen molar-refractivity contribution < 1.29 is 55.2 Å². The van der Waals surface area contributed by atoms with E-state index in [2.05, 4.69) is 8.75 Å². The number of hydrogen-bond donors (Lipinski definition) is 1. The SMILES string of the molecule is O=C1OC(O)(c2ccc3c(c2)OCCO3)C(Cc2ccc(C(F)(F)F)cc2)=C1c1ccc2nsnc2c1.O=Cc1ccc(C(F)(F)F)cc1. The maximum absolute atomic E-state index is 13.2. The molecular weight excluding hydrogens is 678 g/mol. The molecule has 0 bridgehead atoms. The second-order valence-corrected chi connectivity index (χ2v) is 11.4. The van der Waals surface area contributed by atoms with Crippen LogP contribution in [0.15, 0.2) is 90.5 Å². The summed E-state index contributed by atoms with van der Waals surface area (Å²) in [7, 11) is 0. The number of aliphatic hydroxyl groups is 1. The third-order valence-corrected chi connectivity index (χ3v) is 8.22. The topological polar surface area (TPSA) is 108 Å². The molecule has 2 aliphatic heterocycles. The fourth-order valence-corrected chi connectivity index (χ4v) is 5.75. The highest BCUT2D eigenvalue weighted by atomic mass is 32.1. The summed E-state index contributed by atoms with van der Waals surface area (Å²) in [5.74, 6) is -2.11. The second-order valence-electron chi connectivity index (χ2n) is 10.8. The number of ether oxygens (including phenoxy) is 3. The molecule has 1 aromatic heterocycles. The van der Waals surface area contributed by atoms with Crippen molar-refractivity contribution in [3.8, 4) is 11.5 Å². The van der Waals surface area contributed by atoms with Gasteiger partial charge < -0.3 is 19.3 Å². The molecular formula is C34H22F6N2O6S. The van der Waals surface area contributed by atoms with E-state index < -0.39 is 35.2 Å². The van der Waals surface area contributed by atoms with Crippen LogP contribution in [-0.2, 0) is 34.1 Å². The number of benzene rings is 4. The Hall–Kier alpha value is -5.28. The van der Waals surface area contributed by atoms with Crippen LogP contribution >= 0.6 is 11.7 Å². The Morgan fingerprint density at radius 1 is 0.776 bits per heavy atom. The molecule has 0 fully saturated rings. The van der Waals surface area contributed by atoms with Gasteiger partial charge in [0.15, 0.2) is 11.5 Å². The molecule has 4 aromatic carbocycles. The minimum atomic E-state index is -4.49. The van der Waals surface area contributed by atoms with Crippen molar-refractivity contribution in [3.63, 3.8) is 0 Å². The molecule has 1 N–H and O–H groups in total. The number of hydrogen-bond acceptors (Lipinski definition) is 9. The molecule has 49 heavy (non-hydrogen) atoms. The Labute approximate surface area is 277 Å². The van der Waals surface area contributed by atoms with Crippen LogP contribution in [0.1, 0.15) is 38.2 Å². The number of aldehydes is 1. The summed E-state index contributed by atoms with van der Waals surface area (Å²) in [5.41, 5.74) is 1.30. The third kappa shape index (κ3) is 6.98. The van der Waals surface area contributed by atoms with Crippen LogP contribution in [0, 0.1) is 0 Å². The first-order valence-corrected chi connectivity index (χ1v) is 15.1. The molecule has 0 amide bonds. The van der Waals surface area contributed by atoms with Crippen LogP contribution in [0.5, 0.6) is 11.5 Å². The number of carbonyl (C=O) groups is 2. The van der Waals surface area contributed by atoms with E-state index in [4.69, 9.17) is 14.2 Å². The van der Waals surface area contributed by atoms with Gasteiger partial charge in [-0.25, -0.2) is 4.79 Å². The highest BCUT2D eigenvalue weighted by Crippen LogP contribution is 2.47. The van der Waals surface area contributed by atoms with Gasteiger partial charge in [-0.15, -0.1) is 0 Å². The fourth-order valence-electron chi connectivity index (χ4n) is 5.23. The number of rotatable bonds is 5. The number of alkyl halides is 6. The highest BCUT2D eigenvalue weighted by molar-refractivity contribution is 7.00. The van der Waals surface area contributed by atoms with E-state index in [1.165, 1.54) is 18.2 Å². The number of carbonyl (C=O) groups excluding carboxylic acids is 2. The van der Waals surface area contributed by atoms with Crippen molar-refractivity contribution >= 4 is 40.6 Å². The molecule has 15 heteroatoms. The molecule has 3 heterocycles. The first-order chi connectivity index (χ1) is 23.3. The van der Waals surface area contributed by atoms with Gasteiger partial charge >= 0.3 is 18.3 Å². The number of fused-ring (bicyclic) bond motifs is 2. The Bertz CT molecular complexity index is 2060. The van der Waals surface area contributed by atoms with Crippen molar-refractivity contribution in [2.24, 2.45) is 0 Å². The Kier molecular flexibility index (Phi) is 8.90. The van der Waals surface area contributed by atoms with Crippen molar-refractivity contribution in [2.45, 2.75) is 24.6 Å². The van der Waals surface area contributed by atoms with E-state index >= 15 is 0 Å². The number of halogens is 6. The summed E-state index contributed by atoms with van der Waals surface area (Å²) in [6.07, 6.45) is -8.38. The normalized spacial score (nSPS) is 17.4. The van der Waals surface area contributed by atoms with Crippen LogP contribution in [-0.4, -0.2) is 39.3 Å². The Balaban J connectivity index is 0.000000295. The van der Waals surface area contributed by atoms with Gasteiger partial charge in [0.25, 0.3) is 5.79 Å². The second kappa shape index (κ2) is 13.0. The number of nitrogens with zero attached hydrogens (tertiary/aromatic N) is 2. The van der Waals surface area contributed by atoms with Crippen molar-refractivity contribution in [3.05, 3.63) is 124 Å². The largest absolute Gasteiger partial charge is 0.486 e. The van der Waals surface area contributed by atoms with E-state index in [1.807, 2.05) is 0 Å². The average molecular weight is 701 g/mol. The summed E-state index contributed by atoms with van der Waals surface area (Å²) >= 11 is 1.02. The van der Waals surface area contributed by atoms with Gasteiger partial charge in [-0.2, -0.15) is 35.1 Å².